The maximum Gasteiger partial charge on any atom is 0.231 e. The van der Waals surface area contributed by atoms with Gasteiger partial charge in [-0.15, -0.1) is 0 Å². The van der Waals surface area contributed by atoms with Crippen LogP contribution in [-0.4, -0.2) is 35.7 Å². The predicted molar refractivity (Wildman–Crippen MR) is 124 cm³/mol. The van der Waals surface area contributed by atoms with Gasteiger partial charge in [-0.25, -0.2) is 4.98 Å². The van der Waals surface area contributed by atoms with E-state index in [2.05, 4.69) is 10.2 Å². The largest absolute Gasteiger partial charge is 0.454 e. The molecule has 0 saturated carbocycles. The van der Waals surface area contributed by atoms with Gasteiger partial charge in [-0.2, -0.15) is 0 Å². The van der Waals surface area contributed by atoms with E-state index in [4.69, 9.17) is 30.5 Å². The molecule has 1 saturated heterocycles. The van der Waals surface area contributed by atoms with Gasteiger partial charge in [0.15, 0.2) is 11.5 Å². The first kappa shape index (κ1) is 21.8. The Morgan fingerprint density at radius 3 is 2.67 bits per heavy atom. The number of hydrogen-bond acceptors (Lipinski definition) is 6. The minimum absolute atomic E-state index is 0.0262. The van der Waals surface area contributed by atoms with E-state index in [1.807, 2.05) is 49.4 Å². The molecule has 1 fully saturated rings. The molecule has 33 heavy (non-hydrogen) atoms. The van der Waals surface area contributed by atoms with Gasteiger partial charge in [0, 0.05) is 29.6 Å². The molecule has 0 unspecified atom stereocenters. The summed E-state index contributed by atoms with van der Waals surface area (Å²) >= 11 is 5.97. The summed E-state index contributed by atoms with van der Waals surface area (Å²) in [5.74, 6) is 3.05. The number of aromatic nitrogens is 1. The Balaban J connectivity index is 1.11. The molecule has 0 spiro atoms. The fourth-order valence-corrected chi connectivity index (χ4v) is 4.37. The standard InChI is InChI=1S/C25H26ClN3O4/c1-16-21(28-25(33-16)19-3-5-20(26)6-4-19)14-29-10-8-18(9-11-29)24(30)27-13-17-2-7-22-23(12-17)32-15-31-22/h2-7,12,18H,8-11,13-15H2,1H3,(H,27,30). The smallest absolute Gasteiger partial charge is 0.231 e. The van der Waals surface area contributed by atoms with Crippen LogP contribution in [-0.2, 0) is 17.9 Å². The summed E-state index contributed by atoms with van der Waals surface area (Å²) in [6.45, 7) is 5.10. The first-order chi connectivity index (χ1) is 16.0. The molecule has 2 aliphatic heterocycles. The number of likely N-dealkylation sites (tertiary alicyclic amines) is 1. The van der Waals surface area contributed by atoms with Gasteiger partial charge in [0.1, 0.15) is 5.76 Å². The zero-order valence-electron chi connectivity index (χ0n) is 18.5. The summed E-state index contributed by atoms with van der Waals surface area (Å²) in [7, 11) is 0. The van der Waals surface area contributed by atoms with Gasteiger partial charge < -0.3 is 19.2 Å². The Morgan fingerprint density at radius 1 is 1.12 bits per heavy atom. The van der Waals surface area contributed by atoms with E-state index >= 15 is 0 Å². The summed E-state index contributed by atoms with van der Waals surface area (Å²) in [5, 5.41) is 3.75. The third-order valence-electron chi connectivity index (χ3n) is 6.22. The number of ether oxygens (including phenoxy) is 2. The van der Waals surface area contributed by atoms with Crippen molar-refractivity contribution < 1.29 is 18.7 Å². The van der Waals surface area contributed by atoms with Crippen LogP contribution in [0.4, 0.5) is 0 Å². The van der Waals surface area contributed by atoms with Crippen LogP contribution in [0, 0.1) is 12.8 Å². The van der Waals surface area contributed by atoms with E-state index < -0.39 is 0 Å². The molecule has 0 aliphatic carbocycles. The summed E-state index contributed by atoms with van der Waals surface area (Å²) in [6.07, 6.45) is 1.65. The SMILES string of the molecule is Cc1oc(-c2ccc(Cl)cc2)nc1CN1CCC(C(=O)NCc2ccc3c(c2)OCO3)CC1. The number of amides is 1. The predicted octanol–water partition coefficient (Wildman–Crippen LogP) is 4.56. The van der Waals surface area contributed by atoms with Crippen LogP contribution in [0.1, 0.15) is 29.9 Å². The highest BCUT2D eigenvalue weighted by Crippen LogP contribution is 2.32. The number of fused-ring (bicyclic) bond motifs is 1. The molecule has 172 valence electrons. The minimum Gasteiger partial charge on any atom is -0.454 e. The lowest BCUT2D eigenvalue weighted by Crippen LogP contribution is -2.40. The Labute approximate surface area is 197 Å². The maximum absolute atomic E-state index is 12.7. The van der Waals surface area contributed by atoms with Gasteiger partial charge in [-0.05, 0) is 74.8 Å². The van der Waals surface area contributed by atoms with Crippen molar-refractivity contribution in [3.05, 3.63) is 64.5 Å². The van der Waals surface area contributed by atoms with Gasteiger partial charge in [0.25, 0.3) is 0 Å². The number of rotatable bonds is 6. The Morgan fingerprint density at radius 2 is 1.88 bits per heavy atom. The van der Waals surface area contributed by atoms with Crippen molar-refractivity contribution in [1.82, 2.24) is 15.2 Å². The molecule has 0 radical (unpaired) electrons. The molecule has 3 aromatic rings. The van der Waals surface area contributed by atoms with E-state index in [1.54, 1.807) is 0 Å². The van der Waals surface area contributed by atoms with Crippen molar-refractivity contribution in [2.75, 3.05) is 19.9 Å². The van der Waals surface area contributed by atoms with Crippen LogP contribution >= 0.6 is 11.6 Å². The summed E-state index contributed by atoms with van der Waals surface area (Å²) in [6, 6.07) is 13.2. The molecular weight excluding hydrogens is 442 g/mol. The van der Waals surface area contributed by atoms with Crippen molar-refractivity contribution in [2.24, 2.45) is 5.92 Å². The van der Waals surface area contributed by atoms with Crippen molar-refractivity contribution in [1.29, 1.82) is 0 Å². The van der Waals surface area contributed by atoms with E-state index in [1.165, 1.54) is 0 Å². The van der Waals surface area contributed by atoms with Gasteiger partial charge in [0.2, 0.25) is 18.6 Å². The molecule has 5 rings (SSSR count). The highest BCUT2D eigenvalue weighted by Gasteiger charge is 2.26. The van der Waals surface area contributed by atoms with Crippen LogP contribution in [0.15, 0.2) is 46.9 Å². The number of nitrogens with zero attached hydrogens (tertiary/aromatic N) is 2. The molecule has 1 aromatic heterocycles. The van der Waals surface area contributed by atoms with Crippen LogP contribution in [0.5, 0.6) is 11.5 Å². The molecule has 0 bridgehead atoms. The second-order valence-electron chi connectivity index (χ2n) is 8.48. The maximum atomic E-state index is 12.7. The van der Waals surface area contributed by atoms with Gasteiger partial charge in [-0.3, -0.25) is 9.69 Å². The fraction of sp³-hybridized carbons (Fsp3) is 0.360. The van der Waals surface area contributed by atoms with Gasteiger partial charge >= 0.3 is 0 Å². The van der Waals surface area contributed by atoms with E-state index in [0.29, 0.717) is 24.0 Å². The molecule has 3 heterocycles. The second-order valence-corrected chi connectivity index (χ2v) is 8.92. The van der Waals surface area contributed by atoms with Crippen molar-refractivity contribution >= 4 is 17.5 Å². The number of halogens is 1. The zero-order chi connectivity index (χ0) is 22.8. The number of aryl methyl sites for hydroxylation is 1. The van der Waals surface area contributed by atoms with Crippen LogP contribution in [0.25, 0.3) is 11.5 Å². The lowest BCUT2D eigenvalue weighted by Gasteiger charge is -2.30. The number of piperidine rings is 1. The van der Waals surface area contributed by atoms with Crippen LogP contribution < -0.4 is 14.8 Å². The third-order valence-corrected chi connectivity index (χ3v) is 6.47. The molecule has 7 nitrogen and oxygen atoms in total. The normalized spacial score (nSPS) is 16.2. The molecule has 1 N–H and O–H groups in total. The number of hydrogen-bond donors (Lipinski definition) is 1. The highest BCUT2D eigenvalue weighted by atomic mass is 35.5. The highest BCUT2D eigenvalue weighted by molar-refractivity contribution is 6.30. The monoisotopic (exact) mass is 467 g/mol. The Kier molecular flexibility index (Phi) is 6.24. The minimum atomic E-state index is 0.0262. The van der Waals surface area contributed by atoms with Crippen LogP contribution in [0.2, 0.25) is 5.02 Å². The zero-order valence-corrected chi connectivity index (χ0v) is 19.2. The number of benzene rings is 2. The molecule has 0 atom stereocenters. The van der Waals surface area contributed by atoms with E-state index in [9.17, 15) is 4.79 Å². The molecular formula is C25H26ClN3O4. The lowest BCUT2D eigenvalue weighted by molar-refractivity contribution is -0.126. The third kappa shape index (κ3) is 4.99. The van der Waals surface area contributed by atoms with Crippen LogP contribution in [0.3, 0.4) is 0 Å². The number of oxazole rings is 1. The average molecular weight is 468 g/mol. The molecule has 2 aromatic carbocycles. The first-order valence-corrected chi connectivity index (χ1v) is 11.5. The van der Waals surface area contributed by atoms with E-state index in [0.717, 1.165) is 60.0 Å². The Hall–Kier alpha value is -3.03. The van der Waals surface area contributed by atoms with E-state index in [-0.39, 0.29) is 18.6 Å². The first-order valence-electron chi connectivity index (χ1n) is 11.2. The fourth-order valence-electron chi connectivity index (χ4n) is 4.24. The molecule has 1 amide bonds. The lowest BCUT2D eigenvalue weighted by atomic mass is 9.95. The molecule has 2 aliphatic rings. The second kappa shape index (κ2) is 9.45. The van der Waals surface area contributed by atoms with Crippen molar-refractivity contribution in [2.45, 2.75) is 32.9 Å². The van der Waals surface area contributed by atoms with Crippen molar-refractivity contribution in [3.8, 4) is 23.0 Å². The molecule has 8 heteroatoms. The number of nitrogens with one attached hydrogen (secondary N) is 1. The summed E-state index contributed by atoms with van der Waals surface area (Å²) in [4.78, 5) is 19.7. The number of carbonyl (C=O) groups is 1. The Bertz CT molecular complexity index is 1140. The van der Waals surface area contributed by atoms with Crippen molar-refractivity contribution in [3.63, 3.8) is 0 Å². The topological polar surface area (TPSA) is 76.8 Å². The van der Waals surface area contributed by atoms with Gasteiger partial charge in [0.05, 0.1) is 5.69 Å². The summed E-state index contributed by atoms with van der Waals surface area (Å²) in [5.41, 5.74) is 2.85. The quantitative estimate of drug-likeness (QED) is 0.572. The number of carbonyl (C=O) groups excluding carboxylic acids is 1. The summed E-state index contributed by atoms with van der Waals surface area (Å²) < 4.78 is 16.6. The average Bonchev–Trinajstić information content (AvgIpc) is 3.44. The van der Waals surface area contributed by atoms with Gasteiger partial charge in [-0.1, -0.05) is 17.7 Å².